The van der Waals surface area contributed by atoms with Crippen LogP contribution in [0.1, 0.15) is 63.9 Å². The van der Waals surface area contributed by atoms with E-state index in [1.54, 1.807) is 0 Å². The zero-order valence-electron chi connectivity index (χ0n) is 13.8. The van der Waals surface area contributed by atoms with E-state index in [1.165, 1.54) is 16.7 Å². The number of amides is 1. The molecule has 1 saturated carbocycles. The fourth-order valence-corrected chi connectivity index (χ4v) is 3.36. The van der Waals surface area contributed by atoms with Crippen LogP contribution < -0.4 is 5.32 Å². The summed E-state index contributed by atoms with van der Waals surface area (Å²) in [6, 6.07) is -0.105. The van der Waals surface area contributed by atoms with Crippen LogP contribution >= 0.6 is 0 Å². The Balaban J connectivity index is 2.31. The number of aliphatic hydroxyl groups is 1. The Morgan fingerprint density at radius 1 is 0.905 bits per heavy atom. The molecule has 0 aliphatic heterocycles. The first-order chi connectivity index (χ1) is 9.84. The molecule has 2 atom stereocenters. The summed E-state index contributed by atoms with van der Waals surface area (Å²) in [4.78, 5) is 12.7. The van der Waals surface area contributed by atoms with Crippen LogP contribution in [0.5, 0.6) is 0 Å². The molecule has 1 aliphatic rings. The highest BCUT2D eigenvalue weighted by Gasteiger charge is 2.26. The highest BCUT2D eigenvalue weighted by Crippen LogP contribution is 2.27. The molecule has 1 aliphatic carbocycles. The lowest BCUT2D eigenvalue weighted by Gasteiger charge is -2.29. The zero-order chi connectivity index (χ0) is 15.7. The van der Waals surface area contributed by atoms with E-state index >= 15 is 0 Å². The highest BCUT2D eigenvalue weighted by atomic mass is 16.3. The lowest BCUT2D eigenvalue weighted by atomic mass is 9.88. The Morgan fingerprint density at radius 2 is 1.38 bits per heavy atom. The fraction of sp³-hybridized carbons (Fsp3) is 0.611. The van der Waals surface area contributed by atoms with Gasteiger partial charge in [-0.05, 0) is 75.3 Å². The van der Waals surface area contributed by atoms with Crippen molar-refractivity contribution in [2.75, 3.05) is 0 Å². The minimum atomic E-state index is -0.407. The lowest BCUT2D eigenvalue weighted by Crippen LogP contribution is -2.45. The van der Waals surface area contributed by atoms with E-state index in [4.69, 9.17) is 0 Å². The van der Waals surface area contributed by atoms with Crippen molar-refractivity contribution in [2.24, 2.45) is 0 Å². The summed E-state index contributed by atoms with van der Waals surface area (Å²) in [6.45, 7) is 10.3. The summed E-state index contributed by atoms with van der Waals surface area (Å²) in [7, 11) is 0. The Hall–Kier alpha value is -1.35. The standard InChI is InChI=1S/C18H27NO2/c1-10-11(2)13(4)17(14(5)12(10)3)18(21)19-15-8-6-7-9-16(15)20/h15-16,20H,6-9H2,1-5H3,(H,19,21)/t15-,16-/m0/s1. The second-order valence-corrected chi connectivity index (χ2v) is 6.43. The maximum Gasteiger partial charge on any atom is 0.252 e. The highest BCUT2D eigenvalue weighted by molar-refractivity contribution is 5.98. The van der Waals surface area contributed by atoms with Crippen molar-refractivity contribution in [2.45, 2.75) is 72.4 Å². The number of aliphatic hydroxyl groups excluding tert-OH is 1. The summed E-state index contributed by atoms with van der Waals surface area (Å²) in [6.07, 6.45) is 3.38. The van der Waals surface area contributed by atoms with Crippen LogP contribution in [-0.4, -0.2) is 23.2 Å². The Kier molecular flexibility index (Phi) is 4.72. The molecule has 2 rings (SSSR count). The van der Waals surface area contributed by atoms with E-state index in [-0.39, 0.29) is 11.9 Å². The van der Waals surface area contributed by atoms with Crippen molar-refractivity contribution in [1.82, 2.24) is 5.32 Å². The van der Waals surface area contributed by atoms with Crippen LogP contribution in [0.15, 0.2) is 0 Å². The van der Waals surface area contributed by atoms with Gasteiger partial charge in [0, 0.05) is 5.56 Å². The molecule has 0 bridgehead atoms. The minimum Gasteiger partial charge on any atom is -0.391 e. The molecule has 1 aromatic carbocycles. The largest absolute Gasteiger partial charge is 0.391 e. The van der Waals surface area contributed by atoms with Gasteiger partial charge in [-0.3, -0.25) is 4.79 Å². The summed E-state index contributed by atoms with van der Waals surface area (Å²) in [5, 5.41) is 13.1. The molecule has 0 spiro atoms. The molecule has 3 nitrogen and oxygen atoms in total. The molecule has 0 saturated heterocycles. The average Bonchev–Trinajstić information content (AvgIpc) is 2.46. The molecule has 0 aromatic heterocycles. The molecule has 2 N–H and O–H groups in total. The van der Waals surface area contributed by atoms with E-state index in [0.717, 1.165) is 42.4 Å². The number of carbonyl (C=O) groups excluding carboxylic acids is 1. The third-order valence-electron chi connectivity index (χ3n) is 5.27. The van der Waals surface area contributed by atoms with E-state index in [0.29, 0.717) is 0 Å². The summed E-state index contributed by atoms with van der Waals surface area (Å²) in [5.41, 5.74) is 6.53. The first-order valence-corrected chi connectivity index (χ1v) is 7.90. The first kappa shape index (κ1) is 16.0. The van der Waals surface area contributed by atoms with Gasteiger partial charge in [0.25, 0.3) is 5.91 Å². The first-order valence-electron chi connectivity index (χ1n) is 7.90. The third kappa shape index (κ3) is 2.98. The smallest absolute Gasteiger partial charge is 0.252 e. The molecule has 1 amide bonds. The monoisotopic (exact) mass is 289 g/mol. The van der Waals surface area contributed by atoms with Crippen LogP contribution in [0, 0.1) is 34.6 Å². The molecule has 116 valence electrons. The Morgan fingerprint density at radius 3 is 1.90 bits per heavy atom. The van der Waals surface area contributed by atoms with Gasteiger partial charge in [0.05, 0.1) is 12.1 Å². The molecular weight excluding hydrogens is 262 g/mol. The van der Waals surface area contributed by atoms with Crippen LogP contribution in [0.25, 0.3) is 0 Å². The van der Waals surface area contributed by atoms with Crippen molar-refractivity contribution in [1.29, 1.82) is 0 Å². The van der Waals surface area contributed by atoms with Gasteiger partial charge in [0.15, 0.2) is 0 Å². The van der Waals surface area contributed by atoms with Crippen molar-refractivity contribution in [3.63, 3.8) is 0 Å². The Labute approximate surface area is 127 Å². The van der Waals surface area contributed by atoms with Gasteiger partial charge in [0.1, 0.15) is 0 Å². The van der Waals surface area contributed by atoms with Crippen molar-refractivity contribution < 1.29 is 9.90 Å². The van der Waals surface area contributed by atoms with Gasteiger partial charge in [-0.25, -0.2) is 0 Å². The SMILES string of the molecule is Cc1c(C)c(C)c(C(=O)N[C@H]2CCCC[C@@H]2O)c(C)c1C. The molecule has 0 radical (unpaired) electrons. The number of hydrogen-bond acceptors (Lipinski definition) is 2. The number of carbonyl (C=O) groups is 1. The van der Waals surface area contributed by atoms with Crippen LogP contribution in [-0.2, 0) is 0 Å². The van der Waals surface area contributed by atoms with Gasteiger partial charge in [-0.15, -0.1) is 0 Å². The molecule has 1 fully saturated rings. The molecule has 0 unspecified atom stereocenters. The van der Waals surface area contributed by atoms with Gasteiger partial charge >= 0.3 is 0 Å². The fourth-order valence-electron chi connectivity index (χ4n) is 3.36. The van der Waals surface area contributed by atoms with Gasteiger partial charge < -0.3 is 10.4 Å². The summed E-state index contributed by atoms with van der Waals surface area (Å²) >= 11 is 0. The van der Waals surface area contributed by atoms with Crippen LogP contribution in [0.3, 0.4) is 0 Å². The molecule has 0 heterocycles. The van der Waals surface area contributed by atoms with Crippen molar-refractivity contribution >= 4 is 5.91 Å². The molecule has 21 heavy (non-hydrogen) atoms. The second-order valence-electron chi connectivity index (χ2n) is 6.43. The van der Waals surface area contributed by atoms with E-state index in [9.17, 15) is 9.90 Å². The average molecular weight is 289 g/mol. The van der Waals surface area contributed by atoms with Crippen molar-refractivity contribution in [3.8, 4) is 0 Å². The molecule has 1 aromatic rings. The molecule has 3 heteroatoms. The predicted molar refractivity (Wildman–Crippen MR) is 85.9 cm³/mol. The van der Waals surface area contributed by atoms with E-state index < -0.39 is 6.10 Å². The minimum absolute atomic E-state index is 0.0397. The van der Waals surface area contributed by atoms with E-state index in [2.05, 4.69) is 26.1 Å². The van der Waals surface area contributed by atoms with Crippen LogP contribution in [0.2, 0.25) is 0 Å². The van der Waals surface area contributed by atoms with E-state index in [1.807, 2.05) is 13.8 Å². The normalized spacial score (nSPS) is 22.2. The quantitative estimate of drug-likeness (QED) is 0.878. The topological polar surface area (TPSA) is 49.3 Å². The third-order valence-corrected chi connectivity index (χ3v) is 5.27. The maximum atomic E-state index is 12.7. The van der Waals surface area contributed by atoms with Gasteiger partial charge in [0.2, 0.25) is 0 Å². The number of benzene rings is 1. The lowest BCUT2D eigenvalue weighted by molar-refractivity contribution is 0.0716. The van der Waals surface area contributed by atoms with Gasteiger partial charge in [-0.2, -0.15) is 0 Å². The molecular formula is C18H27NO2. The number of hydrogen-bond donors (Lipinski definition) is 2. The van der Waals surface area contributed by atoms with Crippen molar-refractivity contribution in [3.05, 3.63) is 33.4 Å². The zero-order valence-corrected chi connectivity index (χ0v) is 13.8. The van der Waals surface area contributed by atoms with Crippen LogP contribution in [0.4, 0.5) is 0 Å². The number of rotatable bonds is 2. The van der Waals surface area contributed by atoms with Gasteiger partial charge in [-0.1, -0.05) is 12.8 Å². The summed E-state index contributed by atoms with van der Waals surface area (Å²) in [5.74, 6) is -0.0397. The number of nitrogens with one attached hydrogen (secondary N) is 1. The second kappa shape index (κ2) is 6.18. The maximum absolute atomic E-state index is 12.7. The predicted octanol–water partition coefficient (Wildman–Crippen LogP) is 3.26. The summed E-state index contributed by atoms with van der Waals surface area (Å²) < 4.78 is 0. The Bertz CT molecular complexity index is 534.